The van der Waals surface area contributed by atoms with E-state index in [-0.39, 0.29) is 24.9 Å². The third-order valence-corrected chi connectivity index (χ3v) is 14.2. The molecule has 404 valence electrons. The number of hydrogen-bond donors (Lipinski definition) is 2. The third-order valence-electron chi connectivity index (χ3n) is 14.2. The Morgan fingerprint density at radius 1 is 0.486 bits per heavy atom. The Kier molecular flexibility index (Phi) is 35.0. The molecule has 1 aromatic carbocycles. The van der Waals surface area contributed by atoms with Crippen LogP contribution in [-0.4, -0.2) is 118 Å². The second-order valence-corrected chi connectivity index (χ2v) is 20.7. The van der Waals surface area contributed by atoms with Crippen LogP contribution in [0.25, 0.3) is 0 Å². The van der Waals surface area contributed by atoms with Crippen LogP contribution >= 0.6 is 0 Å². The van der Waals surface area contributed by atoms with Crippen molar-refractivity contribution in [3.8, 4) is 0 Å². The highest BCUT2D eigenvalue weighted by molar-refractivity contribution is 6.21. The molecule has 0 spiro atoms. The van der Waals surface area contributed by atoms with Crippen molar-refractivity contribution in [3.63, 3.8) is 0 Å². The number of allylic oxidation sites excluding steroid dienone is 6. The Hall–Kier alpha value is -3.96. The van der Waals surface area contributed by atoms with E-state index in [1.807, 2.05) is 0 Å². The molecule has 10 heteroatoms. The first-order valence-electron chi connectivity index (χ1n) is 29.1. The molecule has 3 rings (SSSR count). The summed E-state index contributed by atoms with van der Waals surface area (Å²) in [5.41, 5.74) is 1.08. The van der Waals surface area contributed by atoms with E-state index in [1.165, 1.54) is 152 Å². The fraction of sp³-hybridized carbons (Fsp3) is 0.677. The van der Waals surface area contributed by atoms with Crippen molar-refractivity contribution in [1.82, 2.24) is 19.6 Å². The van der Waals surface area contributed by atoms with E-state index in [9.17, 15) is 29.4 Å². The Bertz CT molecular complexity index is 1750. The summed E-state index contributed by atoms with van der Waals surface area (Å²) in [4.78, 5) is 58.9. The number of benzene rings is 1. The monoisotopic (exact) mass is 997 g/mol. The summed E-state index contributed by atoms with van der Waals surface area (Å²) in [5, 5.41) is 22.7. The van der Waals surface area contributed by atoms with Crippen LogP contribution in [0.1, 0.15) is 227 Å². The Balaban J connectivity index is 1.49. The summed E-state index contributed by atoms with van der Waals surface area (Å²) in [5.74, 6) is -1.50. The number of rotatable bonds is 47. The molecule has 1 aromatic rings. The quantitative estimate of drug-likeness (QED) is 0.0287. The molecular formula is C62H100N4O6. The molecular weight excluding hydrogens is 897 g/mol. The van der Waals surface area contributed by atoms with Gasteiger partial charge in [0.05, 0.1) is 36.4 Å². The first-order chi connectivity index (χ1) is 35.2. The van der Waals surface area contributed by atoms with Gasteiger partial charge in [-0.15, -0.1) is 0 Å². The van der Waals surface area contributed by atoms with Gasteiger partial charge < -0.3 is 20.0 Å². The van der Waals surface area contributed by atoms with Crippen LogP contribution in [0.2, 0.25) is 0 Å². The van der Waals surface area contributed by atoms with Gasteiger partial charge in [0, 0.05) is 24.7 Å². The molecule has 0 aromatic heterocycles. The number of fused-ring (bicyclic) bond motifs is 1. The standard InChI is InChI=1S/C62H100N4O6/c1-4-7-10-12-14-16-18-20-22-24-26-28-30-32-34-38-45-63(50-55(67)52-65-59(69)49-54(60(65)70)42-9-6-3)47-40-41-48-64(51-56(68)53-66-61(71)57-43-36-37-44-58(57)62(66)72)46-39-35-33-31-29-27-25-23-21-19-17-15-13-11-8-5-2/h6,9,20-23,36-37,42-44,49,55-56,67-68H,3-5,7-8,10-19,24-35,38-41,45-48,50-53H2,1-2H3/b22-20+,23-21+,42-9-. The highest BCUT2D eigenvalue weighted by Crippen LogP contribution is 2.23. The molecule has 4 amide bonds. The minimum Gasteiger partial charge on any atom is -0.390 e. The van der Waals surface area contributed by atoms with Crippen molar-refractivity contribution in [2.24, 2.45) is 0 Å². The zero-order valence-corrected chi connectivity index (χ0v) is 45.5. The van der Waals surface area contributed by atoms with Gasteiger partial charge >= 0.3 is 0 Å². The minimum absolute atomic E-state index is 0.0398. The predicted molar refractivity (Wildman–Crippen MR) is 299 cm³/mol. The first-order valence-corrected chi connectivity index (χ1v) is 29.1. The zero-order valence-electron chi connectivity index (χ0n) is 45.5. The van der Waals surface area contributed by atoms with Crippen molar-refractivity contribution in [3.05, 3.63) is 96.2 Å². The maximum absolute atomic E-state index is 13.1. The lowest BCUT2D eigenvalue weighted by molar-refractivity contribution is -0.138. The number of β-amino-alcohol motifs (C(OH)–C–C–N with tert-alkyl or cyclic N) is 2. The van der Waals surface area contributed by atoms with E-state index >= 15 is 0 Å². The van der Waals surface area contributed by atoms with E-state index < -0.39 is 24.0 Å². The molecule has 2 atom stereocenters. The lowest BCUT2D eigenvalue weighted by Crippen LogP contribution is -2.44. The number of aliphatic hydroxyl groups excluding tert-OH is 2. The minimum atomic E-state index is -0.886. The summed E-state index contributed by atoms with van der Waals surface area (Å²) >= 11 is 0. The average molecular weight is 998 g/mol. The number of amides is 4. The molecule has 0 saturated carbocycles. The number of nitrogens with zero attached hydrogens (tertiary/aromatic N) is 4. The molecule has 0 bridgehead atoms. The molecule has 2 unspecified atom stereocenters. The fourth-order valence-corrected chi connectivity index (χ4v) is 9.96. The van der Waals surface area contributed by atoms with Gasteiger partial charge in [0.15, 0.2) is 0 Å². The van der Waals surface area contributed by atoms with Crippen molar-refractivity contribution in [2.45, 2.75) is 219 Å². The molecule has 2 N–H and O–H groups in total. The topological polar surface area (TPSA) is 122 Å². The predicted octanol–water partition coefficient (Wildman–Crippen LogP) is 13.5. The molecule has 2 heterocycles. The van der Waals surface area contributed by atoms with Crippen molar-refractivity contribution >= 4 is 23.6 Å². The van der Waals surface area contributed by atoms with E-state index in [4.69, 9.17) is 0 Å². The highest BCUT2D eigenvalue weighted by Gasteiger charge is 2.36. The zero-order chi connectivity index (χ0) is 51.9. The lowest BCUT2D eigenvalue weighted by Gasteiger charge is -2.29. The summed E-state index contributed by atoms with van der Waals surface area (Å²) in [6.07, 6.45) is 50.3. The Morgan fingerprint density at radius 2 is 0.833 bits per heavy atom. The van der Waals surface area contributed by atoms with Gasteiger partial charge in [-0.1, -0.05) is 185 Å². The highest BCUT2D eigenvalue weighted by atomic mass is 16.3. The van der Waals surface area contributed by atoms with E-state index in [0.717, 1.165) is 82.4 Å². The van der Waals surface area contributed by atoms with Crippen LogP contribution in [0.3, 0.4) is 0 Å². The van der Waals surface area contributed by atoms with E-state index in [1.54, 1.807) is 42.5 Å². The van der Waals surface area contributed by atoms with Crippen LogP contribution < -0.4 is 0 Å². The van der Waals surface area contributed by atoms with Gasteiger partial charge in [0.2, 0.25) is 0 Å². The molecule has 72 heavy (non-hydrogen) atoms. The van der Waals surface area contributed by atoms with Crippen LogP contribution in [0, 0.1) is 0 Å². The maximum Gasteiger partial charge on any atom is 0.261 e. The number of aliphatic hydroxyl groups is 2. The van der Waals surface area contributed by atoms with E-state index in [2.05, 4.69) is 54.5 Å². The second-order valence-electron chi connectivity index (χ2n) is 20.7. The van der Waals surface area contributed by atoms with Gasteiger partial charge in [0.25, 0.3) is 23.6 Å². The van der Waals surface area contributed by atoms with Gasteiger partial charge in [-0.05, 0) is 121 Å². The molecule has 10 nitrogen and oxygen atoms in total. The smallest absolute Gasteiger partial charge is 0.261 e. The molecule has 0 fully saturated rings. The van der Waals surface area contributed by atoms with Crippen molar-refractivity contribution < 1.29 is 29.4 Å². The number of carbonyl (C=O) groups excluding carboxylic acids is 4. The number of carbonyl (C=O) groups is 4. The van der Waals surface area contributed by atoms with Gasteiger partial charge in [-0.3, -0.25) is 29.0 Å². The number of imide groups is 2. The molecule has 0 aliphatic carbocycles. The van der Waals surface area contributed by atoms with Crippen LogP contribution in [0.4, 0.5) is 0 Å². The SMILES string of the molecule is C=C/C=C\C1=CC(=O)N(CC(O)CN(CCCCCCCC/C=C/CCCCCCCC)CCCCN(CCCCCCCC/C=C/CCCCCCCC)CC(O)CN2C(=O)c3ccccc3C2=O)C1=O. The largest absolute Gasteiger partial charge is 0.390 e. The van der Waals surface area contributed by atoms with Crippen LogP contribution in [0.15, 0.2) is 85.0 Å². The van der Waals surface area contributed by atoms with Gasteiger partial charge in [-0.2, -0.15) is 0 Å². The second kappa shape index (κ2) is 40.4. The summed E-state index contributed by atoms with van der Waals surface area (Å²) in [7, 11) is 0. The molecule has 2 aliphatic rings. The van der Waals surface area contributed by atoms with Gasteiger partial charge in [-0.25, -0.2) is 0 Å². The van der Waals surface area contributed by atoms with Crippen molar-refractivity contribution in [1.29, 1.82) is 0 Å². The Labute approximate surface area is 438 Å². The third kappa shape index (κ3) is 26.8. The normalized spacial score (nSPS) is 15.0. The van der Waals surface area contributed by atoms with Crippen LogP contribution in [0.5, 0.6) is 0 Å². The lowest BCUT2D eigenvalue weighted by atomic mass is 10.1. The van der Waals surface area contributed by atoms with Gasteiger partial charge in [0.1, 0.15) is 0 Å². The summed E-state index contributed by atoms with van der Waals surface area (Å²) < 4.78 is 0. The van der Waals surface area contributed by atoms with Crippen LogP contribution in [-0.2, 0) is 9.59 Å². The molecule has 2 aliphatic heterocycles. The van der Waals surface area contributed by atoms with E-state index in [0.29, 0.717) is 29.8 Å². The summed E-state index contributed by atoms with van der Waals surface area (Å²) in [6.45, 7) is 12.0. The maximum atomic E-state index is 13.1. The average Bonchev–Trinajstić information content (AvgIpc) is 3.78. The van der Waals surface area contributed by atoms with Crippen molar-refractivity contribution in [2.75, 3.05) is 52.4 Å². The molecule has 0 saturated heterocycles. The first kappa shape index (κ1) is 62.3. The fourth-order valence-electron chi connectivity index (χ4n) is 9.96. The Morgan fingerprint density at radius 3 is 1.22 bits per heavy atom. The number of unbranched alkanes of at least 4 members (excludes halogenated alkanes) is 25. The number of hydrogen-bond acceptors (Lipinski definition) is 8. The summed E-state index contributed by atoms with van der Waals surface area (Å²) in [6, 6.07) is 6.86. The molecule has 0 radical (unpaired) electrons.